The third-order valence-electron chi connectivity index (χ3n) is 4.52. The number of aliphatic hydroxyl groups excluding tert-OH is 1. The normalized spacial score (nSPS) is 17.0. The second-order valence-electron chi connectivity index (χ2n) is 6.12. The molecule has 0 amide bonds. The number of nitrogens with zero attached hydrogens (tertiary/aromatic N) is 1. The first-order chi connectivity index (χ1) is 10.3. The predicted octanol–water partition coefficient (Wildman–Crippen LogP) is 3.11. The van der Waals surface area contributed by atoms with Crippen molar-refractivity contribution in [2.45, 2.75) is 38.5 Å². The number of hydrogen-bond donors (Lipinski definition) is 1. The van der Waals surface area contributed by atoms with Gasteiger partial charge in [-0.2, -0.15) is 0 Å². The molecule has 118 valence electrons. The number of hydrogen-bond acceptors (Lipinski definition) is 3. The Morgan fingerprint density at radius 3 is 2.43 bits per heavy atom. The summed E-state index contributed by atoms with van der Waals surface area (Å²) >= 11 is 0. The van der Waals surface area contributed by atoms with Crippen LogP contribution in [0, 0.1) is 5.92 Å². The molecular weight excluding hydrogens is 262 g/mol. The van der Waals surface area contributed by atoms with E-state index in [1.54, 1.807) is 7.11 Å². The van der Waals surface area contributed by atoms with E-state index in [9.17, 15) is 0 Å². The van der Waals surface area contributed by atoms with Gasteiger partial charge in [0.25, 0.3) is 0 Å². The van der Waals surface area contributed by atoms with Crippen molar-refractivity contribution in [3.8, 4) is 5.75 Å². The topological polar surface area (TPSA) is 32.7 Å². The molecule has 21 heavy (non-hydrogen) atoms. The lowest BCUT2D eigenvalue weighted by molar-refractivity contribution is 0.179. The summed E-state index contributed by atoms with van der Waals surface area (Å²) in [5.41, 5.74) is 1.43. The average molecular weight is 291 g/mol. The molecule has 3 heteroatoms. The maximum absolute atomic E-state index is 8.79. The monoisotopic (exact) mass is 291 g/mol. The highest BCUT2D eigenvalue weighted by Crippen LogP contribution is 2.23. The van der Waals surface area contributed by atoms with Crippen molar-refractivity contribution in [3.63, 3.8) is 0 Å². The highest BCUT2D eigenvalue weighted by atomic mass is 16.5. The Balaban J connectivity index is 1.66. The van der Waals surface area contributed by atoms with E-state index in [2.05, 4.69) is 29.2 Å². The molecule has 1 heterocycles. The maximum atomic E-state index is 8.79. The number of methoxy groups -OCH3 is 1. The fraction of sp³-hybridized carbons (Fsp3) is 0.667. The van der Waals surface area contributed by atoms with Crippen LogP contribution in [0.2, 0.25) is 0 Å². The van der Waals surface area contributed by atoms with Crippen LogP contribution in [0.15, 0.2) is 24.3 Å². The Hall–Kier alpha value is -1.06. The first-order valence-electron chi connectivity index (χ1n) is 8.28. The van der Waals surface area contributed by atoms with E-state index >= 15 is 0 Å². The summed E-state index contributed by atoms with van der Waals surface area (Å²) < 4.78 is 5.21. The highest BCUT2D eigenvalue weighted by molar-refractivity contribution is 5.27. The van der Waals surface area contributed by atoms with Gasteiger partial charge < -0.3 is 14.7 Å². The summed E-state index contributed by atoms with van der Waals surface area (Å²) in [6, 6.07) is 8.51. The van der Waals surface area contributed by atoms with E-state index in [0.29, 0.717) is 6.61 Å². The van der Waals surface area contributed by atoms with E-state index in [0.717, 1.165) is 24.5 Å². The molecule has 0 atom stereocenters. The van der Waals surface area contributed by atoms with Gasteiger partial charge in [0.2, 0.25) is 0 Å². The summed E-state index contributed by atoms with van der Waals surface area (Å²) in [5, 5.41) is 8.79. The molecule has 2 rings (SSSR count). The van der Waals surface area contributed by atoms with Gasteiger partial charge in [-0.25, -0.2) is 0 Å². The zero-order valence-corrected chi connectivity index (χ0v) is 13.3. The first kappa shape index (κ1) is 16.3. The zero-order chi connectivity index (χ0) is 14.9. The lowest BCUT2D eigenvalue weighted by atomic mass is 9.90. The van der Waals surface area contributed by atoms with E-state index in [1.165, 1.54) is 50.9 Å². The summed E-state index contributed by atoms with van der Waals surface area (Å²) in [6.07, 6.45) is 7.15. The van der Waals surface area contributed by atoms with E-state index in [1.807, 2.05) is 0 Å². The molecule has 1 aromatic carbocycles. The van der Waals surface area contributed by atoms with Crippen LogP contribution in [0.3, 0.4) is 0 Å². The predicted molar refractivity (Wildman–Crippen MR) is 86.8 cm³/mol. The molecule has 0 spiro atoms. The van der Waals surface area contributed by atoms with Gasteiger partial charge in [-0.3, -0.25) is 0 Å². The summed E-state index contributed by atoms with van der Waals surface area (Å²) in [4.78, 5) is 2.59. The van der Waals surface area contributed by atoms with Crippen LogP contribution in [0.4, 0.5) is 0 Å². The van der Waals surface area contributed by atoms with E-state index in [-0.39, 0.29) is 0 Å². The number of unbranched alkanes of at least 4 members (excludes halogenated alkanes) is 2. The number of piperidine rings is 1. The molecule has 1 aliphatic heterocycles. The highest BCUT2D eigenvalue weighted by Gasteiger charge is 2.18. The van der Waals surface area contributed by atoms with Gasteiger partial charge in [0, 0.05) is 6.61 Å². The van der Waals surface area contributed by atoms with E-state index < -0.39 is 0 Å². The average Bonchev–Trinajstić information content (AvgIpc) is 2.54. The lowest BCUT2D eigenvalue weighted by Crippen LogP contribution is -2.35. The molecule has 1 aromatic rings. The van der Waals surface area contributed by atoms with Crippen molar-refractivity contribution >= 4 is 0 Å². The maximum Gasteiger partial charge on any atom is 0.118 e. The van der Waals surface area contributed by atoms with Crippen molar-refractivity contribution in [3.05, 3.63) is 29.8 Å². The Kier molecular flexibility index (Phi) is 7.04. The van der Waals surface area contributed by atoms with Crippen LogP contribution in [0.5, 0.6) is 5.75 Å². The third kappa shape index (κ3) is 5.68. The van der Waals surface area contributed by atoms with Gasteiger partial charge in [0.1, 0.15) is 5.75 Å². The summed E-state index contributed by atoms with van der Waals surface area (Å²) in [5.74, 6) is 1.77. The quantitative estimate of drug-likeness (QED) is 0.747. The molecular formula is C18H29NO2. The largest absolute Gasteiger partial charge is 0.497 e. The van der Waals surface area contributed by atoms with Gasteiger partial charge in [-0.1, -0.05) is 12.1 Å². The first-order valence-corrected chi connectivity index (χ1v) is 8.28. The summed E-state index contributed by atoms with van der Waals surface area (Å²) in [7, 11) is 1.71. The molecule has 0 radical (unpaired) electrons. The number of likely N-dealkylation sites (tertiary alicyclic amines) is 1. The fourth-order valence-electron chi connectivity index (χ4n) is 3.13. The smallest absolute Gasteiger partial charge is 0.118 e. The third-order valence-corrected chi connectivity index (χ3v) is 4.52. The molecule has 0 saturated carbocycles. The van der Waals surface area contributed by atoms with Crippen LogP contribution in [-0.2, 0) is 6.42 Å². The van der Waals surface area contributed by atoms with Crippen LogP contribution < -0.4 is 4.74 Å². The number of ether oxygens (including phenoxy) is 1. The minimum absolute atomic E-state index is 0.337. The van der Waals surface area contributed by atoms with Crippen molar-refractivity contribution < 1.29 is 9.84 Å². The van der Waals surface area contributed by atoms with Gasteiger partial charge in [-0.05, 0) is 81.8 Å². The number of benzene rings is 1. The standard InChI is InChI=1S/C18H29NO2/c1-21-18-7-5-16(6-8-18)15-17-9-12-19(13-10-17)11-3-2-4-14-20/h5-8,17,20H,2-4,9-15H2,1H3. The summed E-state index contributed by atoms with van der Waals surface area (Å²) in [6.45, 7) is 4.01. The molecule has 1 N–H and O–H groups in total. The molecule has 1 saturated heterocycles. The van der Waals surface area contributed by atoms with Crippen LogP contribution in [0.25, 0.3) is 0 Å². The number of rotatable bonds is 8. The molecule has 0 aliphatic carbocycles. The molecule has 0 bridgehead atoms. The van der Waals surface area contributed by atoms with Crippen LogP contribution in [-0.4, -0.2) is 43.4 Å². The minimum Gasteiger partial charge on any atom is -0.497 e. The van der Waals surface area contributed by atoms with Gasteiger partial charge in [0.15, 0.2) is 0 Å². The Morgan fingerprint density at radius 2 is 1.81 bits per heavy atom. The van der Waals surface area contributed by atoms with Crippen LogP contribution in [0.1, 0.15) is 37.7 Å². The van der Waals surface area contributed by atoms with Crippen molar-refractivity contribution in [2.75, 3.05) is 33.4 Å². The van der Waals surface area contributed by atoms with Gasteiger partial charge in [0.05, 0.1) is 7.11 Å². The second-order valence-corrected chi connectivity index (χ2v) is 6.12. The molecule has 0 unspecified atom stereocenters. The lowest BCUT2D eigenvalue weighted by Gasteiger charge is -2.32. The minimum atomic E-state index is 0.337. The number of aliphatic hydroxyl groups is 1. The molecule has 0 aromatic heterocycles. The Bertz CT molecular complexity index is 383. The second kappa shape index (κ2) is 9.06. The Morgan fingerprint density at radius 1 is 1.10 bits per heavy atom. The van der Waals surface area contributed by atoms with Crippen molar-refractivity contribution in [1.82, 2.24) is 4.90 Å². The van der Waals surface area contributed by atoms with Crippen molar-refractivity contribution in [2.24, 2.45) is 5.92 Å². The van der Waals surface area contributed by atoms with E-state index in [4.69, 9.17) is 9.84 Å². The molecule has 1 fully saturated rings. The molecule has 1 aliphatic rings. The van der Waals surface area contributed by atoms with Crippen LogP contribution >= 0.6 is 0 Å². The SMILES string of the molecule is COc1ccc(CC2CCN(CCCCCO)CC2)cc1. The zero-order valence-electron chi connectivity index (χ0n) is 13.3. The Labute approximate surface area is 128 Å². The fourth-order valence-corrected chi connectivity index (χ4v) is 3.13. The van der Waals surface area contributed by atoms with Gasteiger partial charge in [-0.15, -0.1) is 0 Å². The molecule has 3 nitrogen and oxygen atoms in total. The van der Waals surface area contributed by atoms with Gasteiger partial charge >= 0.3 is 0 Å². The van der Waals surface area contributed by atoms with Crippen molar-refractivity contribution in [1.29, 1.82) is 0 Å².